The van der Waals surface area contributed by atoms with Crippen LogP contribution in [0.3, 0.4) is 0 Å². The van der Waals surface area contributed by atoms with Crippen molar-refractivity contribution in [3.05, 3.63) is 0 Å². The Bertz CT molecular complexity index is 325. The van der Waals surface area contributed by atoms with Gasteiger partial charge in [0.15, 0.2) is 0 Å². The van der Waals surface area contributed by atoms with Gasteiger partial charge in [0.1, 0.15) is 5.54 Å². The van der Waals surface area contributed by atoms with E-state index in [-0.39, 0.29) is 6.03 Å². The number of carboxylic acids is 1. The number of amides is 2. The normalized spacial score (nSPS) is 18.5. The van der Waals surface area contributed by atoms with E-state index in [0.29, 0.717) is 25.3 Å². The minimum atomic E-state index is -1.05. The Labute approximate surface area is 121 Å². The van der Waals surface area contributed by atoms with Gasteiger partial charge in [-0.2, -0.15) is 0 Å². The number of hydrogen-bond donors (Lipinski definition) is 3. The van der Waals surface area contributed by atoms with Crippen molar-refractivity contribution in [1.29, 1.82) is 0 Å². The summed E-state index contributed by atoms with van der Waals surface area (Å²) >= 11 is 0. The Balaban J connectivity index is 2.40. The standard InChI is InChI=1S/C15H28N2O3/c1-3-5-8-12(4-2)11-16-14(20)17-15(13(18)19)9-6-7-10-15/h12H,3-11H2,1-2H3,(H,18,19)(H2,16,17,20). The molecule has 20 heavy (non-hydrogen) atoms. The van der Waals surface area contributed by atoms with Gasteiger partial charge in [-0.05, 0) is 25.2 Å². The fourth-order valence-corrected chi connectivity index (χ4v) is 2.81. The van der Waals surface area contributed by atoms with Gasteiger partial charge >= 0.3 is 12.0 Å². The highest BCUT2D eigenvalue weighted by molar-refractivity contribution is 5.86. The van der Waals surface area contributed by atoms with E-state index < -0.39 is 11.5 Å². The summed E-state index contributed by atoms with van der Waals surface area (Å²) in [6.07, 6.45) is 7.25. The van der Waals surface area contributed by atoms with Crippen LogP contribution < -0.4 is 10.6 Å². The number of nitrogens with one attached hydrogen (secondary N) is 2. The Morgan fingerprint density at radius 1 is 1.25 bits per heavy atom. The van der Waals surface area contributed by atoms with E-state index in [1.807, 2.05) is 0 Å². The molecule has 0 bridgehead atoms. The van der Waals surface area contributed by atoms with Crippen molar-refractivity contribution < 1.29 is 14.7 Å². The summed E-state index contributed by atoms with van der Waals surface area (Å²) in [5.41, 5.74) is -1.05. The second kappa shape index (κ2) is 8.12. The number of hydrogen-bond acceptors (Lipinski definition) is 2. The number of carbonyl (C=O) groups excluding carboxylic acids is 1. The lowest BCUT2D eigenvalue weighted by molar-refractivity contribution is -0.144. The Morgan fingerprint density at radius 2 is 1.90 bits per heavy atom. The SMILES string of the molecule is CCCCC(CC)CNC(=O)NC1(C(=O)O)CCCC1. The number of unbranched alkanes of at least 4 members (excludes halogenated alkanes) is 1. The predicted molar refractivity (Wildman–Crippen MR) is 78.7 cm³/mol. The smallest absolute Gasteiger partial charge is 0.329 e. The van der Waals surface area contributed by atoms with Crippen molar-refractivity contribution in [2.45, 2.75) is 70.8 Å². The van der Waals surface area contributed by atoms with Crippen molar-refractivity contribution in [3.63, 3.8) is 0 Å². The molecule has 0 heterocycles. The van der Waals surface area contributed by atoms with E-state index >= 15 is 0 Å². The van der Waals surface area contributed by atoms with Gasteiger partial charge in [-0.15, -0.1) is 0 Å². The number of carbonyl (C=O) groups is 2. The number of carboxylic acid groups (broad SMARTS) is 1. The molecule has 2 amide bonds. The molecule has 0 saturated heterocycles. The van der Waals surface area contributed by atoms with Crippen LogP contribution in [0.2, 0.25) is 0 Å². The minimum Gasteiger partial charge on any atom is -0.480 e. The van der Waals surface area contributed by atoms with Gasteiger partial charge in [0.05, 0.1) is 0 Å². The van der Waals surface area contributed by atoms with Crippen LogP contribution in [-0.2, 0) is 4.79 Å². The summed E-state index contributed by atoms with van der Waals surface area (Å²) < 4.78 is 0. The monoisotopic (exact) mass is 284 g/mol. The van der Waals surface area contributed by atoms with Crippen LogP contribution in [0.1, 0.15) is 65.2 Å². The van der Waals surface area contributed by atoms with Crippen LogP contribution in [0.25, 0.3) is 0 Å². The van der Waals surface area contributed by atoms with E-state index in [2.05, 4.69) is 24.5 Å². The van der Waals surface area contributed by atoms with Gasteiger partial charge < -0.3 is 15.7 Å². The number of rotatable bonds is 8. The first-order valence-electron chi connectivity index (χ1n) is 7.83. The summed E-state index contributed by atoms with van der Waals surface area (Å²) in [5.74, 6) is -0.437. The van der Waals surface area contributed by atoms with Crippen LogP contribution in [0.4, 0.5) is 4.79 Å². The molecule has 1 aliphatic carbocycles. The third-order valence-electron chi connectivity index (χ3n) is 4.31. The number of aliphatic carboxylic acids is 1. The second-order valence-corrected chi connectivity index (χ2v) is 5.85. The molecule has 0 aliphatic heterocycles. The fourth-order valence-electron chi connectivity index (χ4n) is 2.81. The molecule has 1 fully saturated rings. The Hall–Kier alpha value is -1.26. The lowest BCUT2D eigenvalue weighted by Crippen LogP contribution is -2.55. The maximum atomic E-state index is 11.9. The molecule has 0 spiro atoms. The molecule has 1 saturated carbocycles. The molecule has 0 aromatic heterocycles. The zero-order valence-electron chi connectivity index (χ0n) is 12.7. The zero-order valence-corrected chi connectivity index (χ0v) is 12.7. The van der Waals surface area contributed by atoms with Crippen molar-refractivity contribution >= 4 is 12.0 Å². The largest absolute Gasteiger partial charge is 0.480 e. The molecule has 1 unspecified atom stereocenters. The highest BCUT2D eigenvalue weighted by Gasteiger charge is 2.42. The first-order valence-corrected chi connectivity index (χ1v) is 7.83. The van der Waals surface area contributed by atoms with Gasteiger partial charge in [-0.1, -0.05) is 46.0 Å². The molecule has 0 aromatic carbocycles. The highest BCUT2D eigenvalue weighted by atomic mass is 16.4. The topological polar surface area (TPSA) is 78.4 Å². The van der Waals surface area contributed by atoms with E-state index in [1.165, 1.54) is 6.42 Å². The van der Waals surface area contributed by atoms with Crippen LogP contribution in [0, 0.1) is 5.92 Å². The van der Waals surface area contributed by atoms with Crippen molar-refractivity contribution in [2.24, 2.45) is 5.92 Å². The molecule has 1 rings (SSSR count). The molecular formula is C15H28N2O3. The highest BCUT2D eigenvalue weighted by Crippen LogP contribution is 2.29. The number of urea groups is 1. The van der Waals surface area contributed by atoms with E-state index in [4.69, 9.17) is 0 Å². The molecule has 0 aromatic rings. The lowest BCUT2D eigenvalue weighted by atomic mass is 9.98. The van der Waals surface area contributed by atoms with Gasteiger partial charge in [0, 0.05) is 6.54 Å². The van der Waals surface area contributed by atoms with Crippen LogP contribution in [0.15, 0.2) is 0 Å². The van der Waals surface area contributed by atoms with Crippen LogP contribution >= 0.6 is 0 Å². The predicted octanol–water partition coefficient (Wildman–Crippen LogP) is 2.90. The first-order chi connectivity index (χ1) is 9.54. The maximum Gasteiger partial charge on any atom is 0.329 e. The summed E-state index contributed by atoms with van der Waals surface area (Å²) in [6, 6.07) is -0.343. The summed E-state index contributed by atoms with van der Waals surface area (Å²) in [5, 5.41) is 14.8. The van der Waals surface area contributed by atoms with E-state index in [9.17, 15) is 14.7 Å². The van der Waals surface area contributed by atoms with Gasteiger partial charge in [0.25, 0.3) is 0 Å². The third-order valence-corrected chi connectivity index (χ3v) is 4.31. The minimum absolute atomic E-state index is 0.343. The van der Waals surface area contributed by atoms with Crippen molar-refractivity contribution in [2.75, 3.05) is 6.54 Å². The summed E-state index contributed by atoms with van der Waals surface area (Å²) in [6.45, 7) is 4.90. The summed E-state index contributed by atoms with van der Waals surface area (Å²) in [4.78, 5) is 23.3. The van der Waals surface area contributed by atoms with E-state index in [0.717, 1.165) is 32.1 Å². The van der Waals surface area contributed by atoms with Gasteiger partial charge in [0.2, 0.25) is 0 Å². The second-order valence-electron chi connectivity index (χ2n) is 5.85. The molecule has 3 N–H and O–H groups in total. The van der Waals surface area contributed by atoms with E-state index in [1.54, 1.807) is 0 Å². The molecule has 5 nitrogen and oxygen atoms in total. The Kier molecular flexibility index (Phi) is 6.82. The van der Waals surface area contributed by atoms with Crippen LogP contribution in [-0.4, -0.2) is 29.2 Å². The third kappa shape index (κ3) is 4.69. The van der Waals surface area contributed by atoms with Crippen molar-refractivity contribution in [3.8, 4) is 0 Å². The molecular weight excluding hydrogens is 256 g/mol. The molecule has 5 heteroatoms. The van der Waals surface area contributed by atoms with Gasteiger partial charge in [-0.3, -0.25) is 0 Å². The first kappa shape index (κ1) is 16.8. The fraction of sp³-hybridized carbons (Fsp3) is 0.867. The zero-order chi connectivity index (χ0) is 15.0. The van der Waals surface area contributed by atoms with Crippen LogP contribution in [0.5, 0.6) is 0 Å². The maximum absolute atomic E-state index is 11.9. The summed E-state index contributed by atoms with van der Waals surface area (Å²) in [7, 11) is 0. The Morgan fingerprint density at radius 3 is 2.40 bits per heavy atom. The quantitative estimate of drug-likeness (QED) is 0.641. The molecule has 116 valence electrons. The lowest BCUT2D eigenvalue weighted by Gasteiger charge is -2.26. The molecule has 0 radical (unpaired) electrons. The van der Waals surface area contributed by atoms with Gasteiger partial charge in [-0.25, -0.2) is 9.59 Å². The average Bonchev–Trinajstić information content (AvgIpc) is 2.89. The molecule has 1 atom stereocenters. The average molecular weight is 284 g/mol. The van der Waals surface area contributed by atoms with Crippen molar-refractivity contribution in [1.82, 2.24) is 10.6 Å². The molecule has 1 aliphatic rings.